The zero-order valence-electron chi connectivity index (χ0n) is 26.1. The molecule has 1 aromatic heterocycles. The maximum Gasteiger partial charge on any atom is 0.331 e. The molecular formula is C34H40FN5O5. The Morgan fingerprint density at radius 2 is 1.76 bits per heavy atom. The number of nitrogens with one attached hydrogen (secondary N) is 1. The number of amides is 3. The fraction of sp³-hybridized carbons (Fsp3) is 0.500. The molecule has 3 aromatic rings. The molecule has 0 spiro atoms. The Hall–Kier alpha value is -4.28. The van der Waals surface area contributed by atoms with Crippen LogP contribution in [-0.2, 0) is 24.3 Å². The molecule has 3 amide bonds. The Morgan fingerprint density at radius 3 is 2.47 bits per heavy atom. The van der Waals surface area contributed by atoms with Gasteiger partial charge in [-0.25, -0.2) is 14.0 Å². The molecule has 3 aliphatic rings. The molecule has 1 atom stereocenters. The summed E-state index contributed by atoms with van der Waals surface area (Å²) in [6, 6.07) is 7.38. The predicted octanol–water partition coefficient (Wildman–Crippen LogP) is 4.71. The fourth-order valence-corrected chi connectivity index (χ4v) is 6.70. The van der Waals surface area contributed by atoms with Gasteiger partial charge < -0.3 is 15.1 Å². The van der Waals surface area contributed by atoms with E-state index >= 15 is 4.39 Å². The van der Waals surface area contributed by atoms with Crippen LogP contribution in [0, 0.1) is 17.7 Å². The number of benzene rings is 2. The van der Waals surface area contributed by atoms with Crippen molar-refractivity contribution in [2.75, 3.05) is 25.0 Å². The van der Waals surface area contributed by atoms with Crippen LogP contribution in [-0.4, -0.2) is 56.3 Å². The van der Waals surface area contributed by atoms with Gasteiger partial charge in [-0.2, -0.15) is 0 Å². The van der Waals surface area contributed by atoms with Gasteiger partial charge in [-0.15, -0.1) is 0 Å². The van der Waals surface area contributed by atoms with Gasteiger partial charge in [0, 0.05) is 63.7 Å². The Bertz CT molecular complexity index is 1810. The normalized spacial score (nSPS) is 18.3. The molecule has 0 radical (unpaired) electrons. The number of rotatable bonds is 7. The van der Waals surface area contributed by atoms with Gasteiger partial charge in [0.2, 0.25) is 5.91 Å². The lowest BCUT2D eigenvalue weighted by atomic mass is 9.89. The molecule has 0 bridgehead atoms. The molecule has 2 fully saturated rings. The van der Waals surface area contributed by atoms with E-state index in [9.17, 15) is 24.0 Å². The number of fused-ring (bicyclic) bond motifs is 2. The number of hydrogen-bond acceptors (Lipinski definition) is 5. The van der Waals surface area contributed by atoms with Crippen LogP contribution in [0.4, 0.5) is 14.9 Å². The lowest BCUT2D eigenvalue weighted by Crippen LogP contribution is -2.43. The third kappa shape index (κ3) is 6.30. The van der Waals surface area contributed by atoms with Crippen molar-refractivity contribution < 1.29 is 18.8 Å². The highest BCUT2D eigenvalue weighted by molar-refractivity contribution is 5.97. The average molecular weight is 618 g/mol. The van der Waals surface area contributed by atoms with E-state index < -0.39 is 23.1 Å². The molecule has 1 saturated heterocycles. The second kappa shape index (κ2) is 12.3. The standard InChI is InChI=1S/C34H40FN5O5/c1-20(2)40-30-16-28(35)29(15-27(30)32(43)39(34(40)45)18-22-6-7-22)36-33(44)38-11-4-5-23(17-38)13-31(42)25-8-9-26-19-37(21(3)41)12-10-24(26)14-25/h8-9,14-16,20,22-23H,4-7,10-13,17-19H2,1-3H3,(H,36,44). The van der Waals surface area contributed by atoms with Crippen LogP contribution in [0.2, 0.25) is 0 Å². The summed E-state index contributed by atoms with van der Waals surface area (Å²) < 4.78 is 18.0. The van der Waals surface area contributed by atoms with Crippen LogP contribution in [0.1, 0.15) is 80.4 Å². The van der Waals surface area contributed by atoms with Crippen molar-refractivity contribution in [2.24, 2.45) is 11.8 Å². The van der Waals surface area contributed by atoms with E-state index in [4.69, 9.17) is 0 Å². The van der Waals surface area contributed by atoms with Crippen LogP contribution in [0.5, 0.6) is 0 Å². The topological polar surface area (TPSA) is 114 Å². The average Bonchev–Trinajstić information content (AvgIpc) is 3.84. The van der Waals surface area contributed by atoms with Crippen molar-refractivity contribution in [3.8, 4) is 0 Å². The third-order valence-corrected chi connectivity index (χ3v) is 9.42. The highest BCUT2D eigenvalue weighted by Gasteiger charge is 2.29. The quantitative estimate of drug-likeness (QED) is 0.386. The molecule has 11 heteroatoms. The Morgan fingerprint density at radius 1 is 0.978 bits per heavy atom. The third-order valence-electron chi connectivity index (χ3n) is 9.42. The van der Waals surface area contributed by atoms with E-state index in [0.717, 1.165) is 36.5 Å². The maximum absolute atomic E-state index is 15.4. The number of carbonyl (C=O) groups excluding carboxylic acids is 3. The van der Waals surface area contributed by atoms with Gasteiger partial charge in [-0.1, -0.05) is 12.1 Å². The first-order valence-electron chi connectivity index (χ1n) is 15.9. The first-order valence-corrected chi connectivity index (χ1v) is 15.9. The van der Waals surface area contributed by atoms with Gasteiger partial charge in [-0.3, -0.25) is 23.5 Å². The number of halogens is 1. The number of carbonyl (C=O) groups is 3. The number of urea groups is 1. The molecular weight excluding hydrogens is 577 g/mol. The number of ketones is 1. The summed E-state index contributed by atoms with van der Waals surface area (Å²) in [7, 11) is 0. The molecule has 2 aliphatic heterocycles. The van der Waals surface area contributed by atoms with E-state index in [0.29, 0.717) is 57.5 Å². The zero-order chi connectivity index (χ0) is 32.0. The van der Waals surface area contributed by atoms with Crippen LogP contribution in [0.25, 0.3) is 10.9 Å². The summed E-state index contributed by atoms with van der Waals surface area (Å²) in [5, 5.41) is 2.83. The van der Waals surface area contributed by atoms with Crippen molar-refractivity contribution >= 4 is 34.3 Å². The predicted molar refractivity (Wildman–Crippen MR) is 169 cm³/mol. The summed E-state index contributed by atoms with van der Waals surface area (Å²) in [4.78, 5) is 68.3. The van der Waals surface area contributed by atoms with E-state index in [2.05, 4.69) is 5.32 Å². The SMILES string of the molecule is CC(=O)N1CCc2cc(C(=O)CC3CCCN(C(=O)Nc4cc5c(=O)n(CC6CC6)c(=O)n(C(C)C)c5cc4F)C3)ccc2C1. The van der Waals surface area contributed by atoms with Crippen molar-refractivity contribution in [2.45, 2.75) is 78.4 Å². The van der Waals surface area contributed by atoms with Gasteiger partial charge >= 0.3 is 11.7 Å². The first kappa shape index (κ1) is 30.7. The summed E-state index contributed by atoms with van der Waals surface area (Å²) in [6.45, 7) is 7.53. The van der Waals surface area contributed by atoms with Gasteiger partial charge in [0.05, 0.1) is 16.6 Å². The minimum Gasteiger partial charge on any atom is -0.338 e. The fourth-order valence-electron chi connectivity index (χ4n) is 6.70. The number of anilines is 1. The molecule has 238 valence electrons. The van der Waals surface area contributed by atoms with Crippen molar-refractivity contribution in [1.29, 1.82) is 0 Å². The van der Waals surface area contributed by atoms with Crippen molar-refractivity contribution in [1.82, 2.24) is 18.9 Å². The maximum atomic E-state index is 15.4. The minimum atomic E-state index is -0.730. The number of aromatic nitrogens is 2. The van der Waals surface area contributed by atoms with Gasteiger partial charge in [0.15, 0.2) is 5.78 Å². The van der Waals surface area contributed by atoms with E-state index in [-0.39, 0.29) is 46.2 Å². The van der Waals surface area contributed by atoms with Gasteiger partial charge in [0.1, 0.15) is 5.82 Å². The van der Waals surface area contributed by atoms with E-state index in [1.165, 1.54) is 15.2 Å². The van der Waals surface area contributed by atoms with Crippen LogP contribution >= 0.6 is 0 Å². The highest BCUT2D eigenvalue weighted by atomic mass is 19.1. The molecule has 45 heavy (non-hydrogen) atoms. The van der Waals surface area contributed by atoms with Crippen LogP contribution < -0.4 is 16.6 Å². The molecule has 10 nitrogen and oxygen atoms in total. The number of nitrogens with zero attached hydrogens (tertiary/aromatic N) is 4. The van der Waals surface area contributed by atoms with Gasteiger partial charge in [0.25, 0.3) is 5.56 Å². The summed E-state index contributed by atoms with van der Waals surface area (Å²) in [5.41, 5.74) is 1.94. The number of hydrogen-bond donors (Lipinski definition) is 1. The van der Waals surface area contributed by atoms with Gasteiger partial charge in [-0.05, 0) is 81.0 Å². The Balaban J connectivity index is 1.16. The molecule has 6 rings (SSSR count). The molecule has 2 aromatic carbocycles. The Labute approximate surface area is 260 Å². The molecule has 1 N–H and O–H groups in total. The molecule has 1 aliphatic carbocycles. The monoisotopic (exact) mass is 617 g/mol. The highest BCUT2D eigenvalue weighted by Crippen LogP contribution is 2.30. The minimum absolute atomic E-state index is 0.0123. The van der Waals surface area contributed by atoms with Crippen molar-refractivity contribution in [3.63, 3.8) is 0 Å². The Kier molecular flexibility index (Phi) is 8.37. The summed E-state index contributed by atoms with van der Waals surface area (Å²) in [5.74, 6) is -0.431. The van der Waals surface area contributed by atoms with E-state index in [1.807, 2.05) is 32.0 Å². The summed E-state index contributed by atoms with van der Waals surface area (Å²) >= 11 is 0. The van der Waals surface area contributed by atoms with Crippen LogP contribution in [0.3, 0.4) is 0 Å². The molecule has 3 heterocycles. The largest absolute Gasteiger partial charge is 0.338 e. The smallest absolute Gasteiger partial charge is 0.331 e. The van der Waals surface area contributed by atoms with E-state index in [1.54, 1.807) is 16.7 Å². The zero-order valence-corrected chi connectivity index (χ0v) is 26.1. The second-order valence-corrected chi connectivity index (χ2v) is 13.1. The van der Waals surface area contributed by atoms with Crippen LogP contribution in [0.15, 0.2) is 39.9 Å². The molecule has 1 unspecified atom stereocenters. The molecule has 1 saturated carbocycles. The first-order chi connectivity index (χ1) is 21.5. The number of Topliss-reactive ketones (excluding diaryl/α,β-unsaturated/α-hetero) is 1. The van der Waals surface area contributed by atoms with Crippen molar-refractivity contribution in [3.05, 3.63) is 73.7 Å². The second-order valence-electron chi connectivity index (χ2n) is 13.1. The number of piperidine rings is 1. The number of likely N-dealkylation sites (tertiary alicyclic amines) is 1. The summed E-state index contributed by atoms with van der Waals surface area (Å²) in [6.07, 6.45) is 4.44. The lowest BCUT2D eigenvalue weighted by Gasteiger charge is -2.32. The lowest BCUT2D eigenvalue weighted by molar-refractivity contribution is -0.129.